The molecule has 3 rings (SSSR count). The highest BCUT2D eigenvalue weighted by Gasteiger charge is 2.13. The maximum absolute atomic E-state index is 6.32. The summed E-state index contributed by atoms with van der Waals surface area (Å²) in [5.74, 6) is 0.745. The lowest BCUT2D eigenvalue weighted by molar-refractivity contribution is 0.425. The molecule has 0 aliphatic rings. The van der Waals surface area contributed by atoms with Crippen LogP contribution in [0.15, 0.2) is 41.3 Å². The van der Waals surface area contributed by atoms with Crippen LogP contribution in [0.3, 0.4) is 0 Å². The number of hydrogen-bond donors (Lipinski definition) is 1. The van der Waals surface area contributed by atoms with Crippen molar-refractivity contribution in [2.45, 2.75) is 0 Å². The van der Waals surface area contributed by atoms with Gasteiger partial charge in [-0.3, -0.25) is 4.40 Å². The van der Waals surface area contributed by atoms with E-state index in [1.54, 1.807) is 6.20 Å². The zero-order valence-electron chi connectivity index (χ0n) is 12.9. The van der Waals surface area contributed by atoms with E-state index < -0.39 is 0 Å². The predicted molar refractivity (Wildman–Crippen MR) is 98.2 cm³/mol. The van der Waals surface area contributed by atoms with Gasteiger partial charge in [-0.1, -0.05) is 29.8 Å². The molecule has 0 aliphatic carbocycles. The van der Waals surface area contributed by atoms with Crippen LogP contribution in [0.5, 0.6) is 0 Å². The quantitative estimate of drug-likeness (QED) is 0.715. The van der Waals surface area contributed by atoms with Gasteiger partial charge in [-0.15, -0.1) is 0 Å². The van der Waals surface area contributed by atoms with Crippen molar-refractivity contribution in [3.63, 3.8) is 0 Å². The Morgan fingerprint density at radius 2 is 2.09 bits per heavy atom. The van der Waals surface area contributed by atoms with Crippen LogP contribution < -0.4 is 5.32 Å². The average Bonchev–Trinajstić information content (AvgIpc) is 2.89. The van der Waals surface area contributed by atoms with Crippen molar-refractivity contribution in [1.82, 2.24) is 19.3 Å². The first-order valence-corrected chi connectivity index (χ1v) is 8.40. The Labute approximate surface area is 148 Å². The van der Waals surface area contributed by atoms with Gasteiger partial charge >= 0.3 is 0 Å². The molecule has 5 nitrogen and oxygen atoms in total. The highest BCUT2D eigenvalue weighted by Crippen LogP contribution is 2.29. The van der Waals surface area contributed by atoms with Crippen molar-refractivity contribution in [3.05, 3.63) is 46.3 Å². The molecule has 0 atom stereocenters. The molecule has 7 heteroatoms. The molecule has 0 unspecified atom stereocenters. The molecule has 2 aromatic heterocycles. The van der Waals surface area contributed by atoms with Crippen LogP contribution in [0.2, 0.25) is 5.02 Å². The van der Waals surface area contributed by atoms with Crippen LogP contribution >= 0.6 is 27.5 Å². The summed E-state index contributed by atoms with van der Waals surface area (Å²) in [6.45, 7) is 1.69. The third-order valence-electron chi connectivity index (χ3n) is 3.45. The number of nitrogens with zero attached hydrogens (tertiary/aromatic N) is 4. The molecular weight excluding hydrogens is 378 g/mol. The van der Waals surface area contributed by atoms with E-state index >= 15 is 0 Å². The van der Waals surface area contributed by atoms with E-state index in [9.17, 15) is 0 Å². The third-order valence-corrected chi connectivity index (χ3v) is 4.36. The summed E-state index contributed by atoms with van der Waals surface area (Å²) in [6.07, 6.45) is 3.70. The van der Waals surface area contributed by atoms with Gasteiger partial charge in [-0.2, -0.15) is 0 Å². The summed E-state index contributed by atoms with van der Waals surface area (Å²) >= 11 is 9.84. The Hall–Kier alpha value is -1.63. The number of anilines is 1. The van der Waals surface area contributed by atoms with Gasteiger partial charge in [-0.05, 0) is 36.1 Å². The molecule has 0 amide bonds. The van der Waals surface area contributed by atoms with E-state index in [4.69, 9.17) is 16.6 Å². The summed E-state index contributed by atoms with van der Waals surface area (Å²) in [5.41, 5.74) is 2.48. The van der Waals surface area contributed by atoms with Gasteiger partial charge in [0.2, 0.25) is 0 Å². The minimum absolute atomic E-state index is 0.676. The summed E-state index contributed by atoms with van der Waals surface area (Å²) in [4.78, 5) is 11.3. The maximum atomic E-state index is 6.32. The molecule has 120 valence electrons. The van der Waals surface area contributed by atoms with Gasteiger partial charge in [0, 0.05) is 24.8 Å². The second kappa shape index (κ2) is 6.86. The number of hydrogen-bond acceptors (Lipinski definition) is 4. The van der Waals surface area contributed by atoms with Crippen molar-refractivity contribution >= 4 is 39.0 Å². The summed E-state index contributed by atoms with van der Waals surface area (Å²) < 4.78 is 2.84. The van der Waals surface area contributed by atoms with Crippen LogP contribution in [0.1, 0.15) is 0 Å². The number of rotatable bonds is 5. The van der Waals surface area contributed by atoms with Crippen LogP contribution in [-0.4, -0.2) is 46.5 Å². The molecule has 0 bridgehead atoms. The van der Waals surface area contributed by atoms with Crippen LogP contribution in [0.25, 0.3) is 16.9 Å². The Bertz CT molecular complexity index is 830. The average molecular weight is 395 g/mol. The number of aromatic nitrogens is 3. The monoisotopic (exact) mass is 393 g/mol. The third kappa shape index (κ3) is 3.49. The lowest BCUT2D eigenvalue weighted by Crippen LogP contribution is -2.21. The van der Waals surface area contributed by atoms with E-state index in [2.05, 4.69) is 31.1 Å². The largest absolute Gasteiger partial charge is 0.366 e. The van der Waals surface area contributed by atoms with E-state index in [-0.39, 0.29) is 0 Å². The second-order valence-corrected chi connectivity index (χ2v) is 6.68. The molecule has 1 N–H and O–H groups in total. The highest BCUT2D eigenvalue weighted by molar-refractivity contribution is 9.10. The predicted octanol–water partition coefficient (Wildman–Crippen LogP) is 3.79. The number of benzene rings is 1. The standard InChI is InChI=1S/C16H17BrClN5/c1-22(2)8-7-19-15-16-20-9-14(17)23(16)10-13(21-15)11-5-3-4-6-12(11)18/h3-6,9-10H,7-8H2,1-2H3,(H,19,21). The summed E-state index contributed by atoms with van der Waals surface area (Å²) in [6, 6.07) is 7.69. The second-order valence-electron chi connectivity index (χ2n) is 5.46. The Morgan fingerprint density at radius 1 is 1.30 bits per heavy atom. The molecule has 23 heavy (non-hydrogen) atoms. The van der Waals surface area contributed by atoms with Crippen molar-refractivity contribution in [1.29, 1.82) is 0 Å². The molecule has 0 saturated carbocycles. The van der Waals surface area contributed by atoms with Gasteiger partial charge < -0.3 is 10.2 Å². The zero-order valence-corrected chi connectivity index (χ0v) is 15.3. The van der Waals surface area contributed by atoms with Crippen molar-refractivity contribution in [2.24, 2.45) is 0 Å². The first-order valence-electron chi connectivity index (χ1n) is 7.23. The first-order chi connectivity index (χ1) is 11.1. The van der Waals surface area contributed by atoms with Gasteiger partial charge in [0.25, 0.3) is 0 Å². The van der Waals surface area contributed by atoms with Crippen molar-refractivity contribution in [3.8, 4) is 11.3 Å². The lowest BCUT2D eigenvalue weighted by Gasteiger charge is -2.13. The van der Waals surface area contributed by atoms with Gasteiger partial charge in [-0.25, -0.2) is 9.97 Å². The molecular formula is C16H17BrClN5. The minimum atomic E-state index is 0.676. The van der Waals surface area contributed by atoms with E-state index in [0.29, 0.717) is 5.02 Å². The molecule has 0 fully saturated rings. The number of likely N-dealkylation sites (N-methyl/N-ethyl adjacent to an activating group) is 1. The molecule has 3 aromatic rings. The maximum Gasteiger partial charge on any atom is 0.181 e. The SMILES string of the molecule is CN(C)CCNc1nc(-c2ccccc2Cl)cn2c(Br)cnc12. The Morgan fingerprint density at radius 3 is 2.83 bits per heavy atom. The fourth-order valence-corrected chi connectivity index (χ4v) is 2.88. The summed E-state index contributed by atoms with van der Waals surface area (Å²) in [7, 11) is 4.08. The molecule has 1 aromatic carbocycles. The molecule has 0 aliphatic heterocycles. The van der Waals surface area contributed by atoms with Gasteiger partial charge in [0.15, 0.2) is 11.5 Å². The molecule has 0 spiro atoms. The molecule has 2 heterocycles. The number of nitrogens with one attached hydrogen (secondary N) is 1. The van der Waals surface area contributed by atoms with E-state index in [0.717, 1.165) is 40.4 Å². The lowest BCUT2D eigenvalue weighted by atomic mass is 10.1. The normalized spacial score (nSPS) is 11.3. The summed E-state index contributed by atoms with van der Waals surface area (Å²) in [5, 5.41) is 4.04. The topological polar surface area (TPSA) is 45.5 Å². The minimum Gasteiger partial charge on any atom is -0.366 e. The fraction of sp³-hybridized carbons (Fsp3) is 0.250. The van der Waals surface area contributed by atoms with E-state index in [1.165, 1.54) is 0 Å². The van der Waals surface area contributed by atoms with Crippen molar-refractivity contribution < 1.29 is 0 Å². The van der Waals surface area contributed by atoms with Crippen LogP contribution in [0.4, 0.5) is 5.82 Å². The van der Waals surface area contributed by atoms with Gasteiger partial charge in [0.05, 0.1) is 16.9 Å². The van der Waals surface area contributed by atoms with Crippen LogP contribution in [-0.2, 0) is 0 Å². The molecule has 0 saturated heterocycles. The number of halogens is 2. The number of imidazole rings is 1. The Balaban J connectivity index is 2.06. The van der Waals surface area contributed by atoms with E-state index in [1.807, 2.05) is 49.0 Å². The Kier molecular flexibility index (Phi) is 4.84. The first kappa shape index (κ1) is 16.2. The fourth-order valence-electron chi connectivity index (χ4n) is 2.27. The number of fused-ring (bicyclic) bond motifs is 1. The smallest absolute Gasteiger partial charge is 0.181 e. The van der Waals surface area contributed by atoms with Crippen LogP contribution in [0, 0.1) is 0 Å². The zero-order chi connectivity index (χ0) is 16.4. The highest BCUT2D eigenvalue weighted by atomic mass is 79.9. The molecule has 0 radical (unpaired) electrons. The van der Waals surface area contributed by atoms with Crippen molar-refractivity contribution in [2.75, 3.05) is 32.5 Å². The van der Waals surface area contributed by atoms with Gasteiger partial charge in [0.1, 0.15) is 4.60 Å².